The number of fused-ring (bicyclic) bond motifs is 1. The van der Waals surface area contributed by atoms with Crippen molar-refractivity contribution in [1.82, 2.24) is 4.98 Å². The van der Waals surface area contributed by atoms with Crippen LogP contribution in [-0.4, -0.2) is 28.7 Å². The van der Waals surface area contributed by atoms with Crippen LogP contribution in [0.4, 0.5) is 5.69 Å². The molecule has 6 heteroatoms. The molecule has 1 aliphatic carbocycles. The number of hydrogen-bond acceptors (Lipinski definition) is 5. The average Bonchev–Trinajstić information content (AvgIpc) is 2.45. The van der Waals surface area contributed by atoms with E-state index in [2.05, 4.69) is 10.3 Å². The van der Waals surface area contributed by atoms with Gasteiger partial charge in [0.05, 0.1) is 11.6 Å². The number of aliphatic carboxylic acids is 1. The Morgan fingerprint density at radius 2 is 2.04 bits per heavy atom. The van der Waals surface area contributed by atoms with Gasteiger partial charge in [0.2, 0.25) is 0 Å². The number of aliphatic hydroxyl groups is 1. The van der Waals surface area contributed by atoms with Crippen molar-refractivity contribution in [2.75, 3.05) is 11.9 Å². The third kappa shape index (κ3) is 3.47. The number of hydrogen-bond donors (Lipinski definition) is 2. The quantitative estimate of drug-likeness (QED) is 0.640. The van der Waals surface area contributed by atoms with E-state index in [0.717, 1.165) is 27.8 Å². The van der Waals surface area contributed by atoms with Gasteiger partial charge in [0, 0.05) is 34.7 Å². The van der Waals surface area contributed by atoms with Crippen molar-refractivity contribution in [3.8, 4) is 0 Å². The Morgan fingerprint density at radius 3 is 2.65 bits per heavy atom. The van der Waals surface area contributed by atoms with Crippen LogP contribution in [0.2, 0.25) is 0 Å². The molecule has 0 unspecified atom stereocenters. The second kappa shape index (κ2) is 7.17. The maximum atomic E-state index is 11.4. The Bertz CT molecular complexity index is 742. The molecule has 1 saturated carbocycles. The van der Waals surface area contributed by atoms with Gasteiger partial charge in [-0.3, -0.25) is 4.98 Å². The number of aromatic nitrogens is 1. The molecular weight excluding hydrogens is 319 g/mol. The molecule has 3 rings (SSSR count). The van der Waals surface area contributed by atoms with E-state index < -0.39 is 17.5 Å². The number of carbonyl (C=O) groups is 1. The van der Waals surface area contributed by atoms with Gasteiger partial charge >= 0.3 is 51.4 Å². The smallest absolute Gasteiger partial charge is 0.549 e. The number of pyridine rings is 1. The number of carbonyl (C=O) groups excluding carboxylic acids is 1. The molecule has 1 fully saturated rings. The summed E-state index contributed by atoms with van der Waals surface area (Å²) in [5.41, 5.74) is 2.73. The van der Waals surface area contributed by atoms with Gasteiger partial charge < -0.3 is 20.3 Å². The molecule has 23 heavy (non-hydrogen) atoms. The summed E-state index contributed by atoms with van der Waals surface area (Å²) in [6.45, 7) is 4.16. The molecule has 1 aliphatic rings. The molecule has 116 valence electrons. The molecule has 0 bridgehead atoms. The maximum absolute atomic E-state index is 11.4. The molecule has 1 heterocycles. The summed E-state index contributed by atoms with van der Waals surface area (Å²) in [6, 6.07) is 7.78. The van der Waals surface area contributed by atoms with Gasteiger partial charge in [-0.1, -0.05) is 18.2 Å². The second-order valence-electron chi connectivity index (χ2n) is 6.20. The van der Waals surface area contributed by atoms with Crippen LogP contribution in [-0.2, 0) is 4.79 Å². The van der Waals surface area contributed by atoms with Crippen molar-refractivity contribution in [2.24, 2.45) is 5.41 Å². The van der Waals surface area contributed by atoms with Crippen LogP contribution in [0, 0.1) is 19.3 Å². The van der Waals surface area contributed by atoms with Gasteiger partial charge in [-0.05, 0) is 38.3 Å². The molecule has 1 aromatic carbocycles. The molecule has 0 saturated heterocycles. The van der Waals surface area contributed by atoms with Crippen LogP contribution < -0.4 is 61.8 Å². The Labute approximate surface area is 177 Å². The first-order valence-corrected chi connectivity index (χ1v) is 7.42. The van der Waals surface area contributed by atoms with Crippen molar-refractivity contribution in [1.29, 1.82) is 0 Å². The van der Waals surface area contributed by atoms with E-state index in [1.165, 1.54) is 0 Å². The number of carboxylic acid groups (broad SMARTS) is 1. The van der Waals surface area contributed by atoms with Gasteiger partial charge in [0.15, 0.2) is 0 Å². The number of aryl methyl sites for hydroxylation is 1. The zero-order valence-electron chi connectivity index (χ0n) is 13.7. The number of carboxylic acids is 1. The van der Waals surface area contributed by atoms with Crippen LogP contribution in [0.3, 0.4) is 0 Å². The van der Waals surface area contributed by atoms with Gasteiger partial charge in [-0.15, -0.1) is 0 Å². The Balaban J connectivity index is 0.00000192. The predicted octanol–water partition coefficient (Wildman–Crippen LogP) is -1.84. The monoisotopic (exact) mass is 338 g/mol. The molecule has 0 amide bonds. The molecule has 5 nitrogen and oxygen atoms in total. The number of aliphatic hydroxyl groups excluding tert-OH is 1. The zero-order valence-corrected chi connectivity index (χ0v) is 16.8. The number of nitrogens with one attached hydrogen (secondary N) is 1. The number of anilines is 1. The van der Waals surface area contributed by atoms with E-state index >= 15 is 0 Å². The van der Waals surface area contributed by atoms with E-state index in [1.54, 1.807) is 0 Å². The predicted molar refractivity (Wildman–Crippen MR) is 82.4 cm³/mol. The third-order valence-electron chi connectivity index (χ3n) is 4.67. The van der Waals surface area contributed by atoms with Crippen molar-refractivity contribution in [3.63, 3.8) is 0 Å². The van der Waals surface area contributed by atoms with E-state index in [4.69, 9.17) is 0 Å². The maximum Gasteiger partial charge on any atom is 1.00 e. The topological polar surface area (TPSA) is 85.3 Å². The molecule has 0 spiro atoms. The van der Waals surface area contributed by atoms with E-state index in [-0.39, 0.29) is 70.8 Å². The van der Waals surface area contributed by atoms with E-state index in [9.17, 15) is 15.0 Å². The minimum absolute atomic E-state index is 0. The summed E-state index contributed by atoms with van der Waals surface area (Å²) in [5, 5.41) is 25.1. The number of benzene rings is 1. The summed E-state index contributed by atoms with van der Waals surface area (Å²) in [7, 11) is 0. The Hall–Kier alpha value is -0.504. The summed E-state index contributed by atoms with van der Waals surface area (Å²) in [6.07, 6.45) is -0.0658. The van der Waals surface area contributed by atoms with Crippen LogP contribution in [0.15, 0.2) is 24.3 Å². The normalized spacial score (nSPS) is 23.0. The van der Waals surface area contributed by atoms with Crippen molar-refractivity contribution in [3.05, 3.63) is 35.5 Å². The van der Waals surface area contributed by atoms with Crippen LogP contribution >= 0.6 is 0 Å². The largest absolute Gasteiger partial charge is 1.00 e. The zero-order chi connectivity index (χ0) is 15.9. The Kier molecular flexibility index (Phi) is 5.87. The third-order valence-corrected chi connectivity index (χ3v) is 4.67. The molecule has 2 aromatic rings. The molecule has 1 aromatic heterocycles. The summed E-state index contributed by atoms with van der Waals surface area (Å²) in [5.74, 6) is -1.10. The average molecular weight is 338 g/mol. The number of rotatable bonds is 4. The van der Waals surface area contributed by atoms with Crippen LogP contribution in [0.25, 0.3) is 10.9 Å². The standard InChI is InChI=1S/C17H20N2O3.K/c1-10-11(2)19-14-6-4-3-5-13(14)15(10)18-9-17(16(21)22)7-12(20)8-17;/h3-6,12,20H,7-9H2,1-2H3,(H,18,19)(H,21,22);/q;+1/p-1. The van der Waals surface area contributed by atoms with Crippen molar-refractivity contribution >= 4 is 22.6 Å². The second-order valence-corrected chi connectivity index (χ2v) is 6.20. The summed E-state index contributed by atoms with van der Waals surface area (Å²) in [4.78, 5) is 16.0. The van der Waals surface area contributed by atoms with Gasteiger partial charge in [-0.25, -0.2) is 0 Å². The fraction of sp³-hybridized carbons (Fsp3) is 0.412. The van der Waals surface area contributed by atoms with Gasteiger partial charge in [0.25, 0.3) is 0 Å². The molecule has 0 atom stereocenters. The van der Waals surface area contributed by atoms with Gasteiger partial charge in [0.1, 0.15) is 0 Å². The minimum Gasteiger partial charge on any atom is -0.549 e. The minimum atomic E-state index is -1.10. The SMILES string of the molecule is Cc1nc2ccccc2c(NCC2(C(=O)[O-])CC(O)C2)c1C.[K+]. The summed E-state index contributed by atoms with van der Waals surface area (Å²) < 4.78 is 0. The van der Waals surface area contributed by atoms with Crippen LogP contribution in [0.5, 0.6) is 0 Å². The first kappa shape index (κ1) is 18.8. The van der Waals surface area contributed by atoms with E-state index in [0.29, 0.717) is 0 Å². The first-order chi connectivity index (χ1) is 10.4. The fourth-order valence-electron chi connectivity index (χ4n) is 3.14. The fourth-order valence-corrected chi connectivity index (χ4v) is 3.14. The molecule has 0 aliphatic heterocycles. The van der Waals surface area contributed by atoms with Crippen LogP contribution in [0.1, 0.15) is 24.1 Å². The molecular formula is C17H19KN2O3. The number of nitrogens with zero attached hydrogens (tertiary/aromatic N) is 1. The van der Waals surface area contributed by atoms with Gasteiger partial charge in [-0.2, -0.15) is 0 Å². The van der Waals surface area contributed by atoms with Crippen molar-refractivity contribution in [2.45, 2.75) is 32.8 Å². The first-order valence-electron chi connectivity index (χ1n) is 7.42. The summed E-state index contributed by atoms with van der Waals surface area (Å²) >= 11 is 0. The molecule has 2 N–H and O–H groups in total. The Morgan fingerprint density at radius 1 is 1.39 bits per heavy atom. The molecule has 0 radical (unpaired) electrons. The number of para-hydroxylation sites is 1. The van der Waals surface area contributed by atoms with Crippen molar-refractivity contribution < 1.29 is 66.4 Å². The van der Waals surface area contributed by atoms with E-state index in [1.807, 2.05) is 38.1 Å².